The number of nitrogens with one attached hydrogen (secondary N) is 1. The Hall–Kier alpha value is 0.230. The van der Waals surface area contributed by atoms with E-state index in [1.807, 2.05) is 11.8 Å². The minimum atomic E-state index is 0.788. The molecular formula is C12H23N3S. The van der Waals surface area contributed by atoms with Crippen LogP contribution < -0.4 is 5.32 Å². The van der Waals surface area contributed by atoms with Gasteiger partial charge in [0.2, 0.25) is 0 Å². The molecule has 92 valence electrons. The number of hydrogen-bond acceptors (Lipinski definition) is 4. The van der Waals surface area contributed by atoms with E-state index >= 15 is 0 Å². The molecule has 0 radical (unpaired) electrons. The average Bonchev–Trinajstić information content (AvgIpc) is 3.07. The highest BCUT2D eigenvalue weighted by Crippen LogP contribution is 2.28. The largest absolute Gasteiger partial charge is 0.314 e. The summed E-state index contributed by atoms with van der Waals surface area (Å²) in [7, 11) is 0. The van der Waals surface area contributed by atoms with Crippen LogP contribution in [0.4, 0.5) is 0 Å². The van der Waals surface area contributed by atoms with Crippen LogP contribution >= 0.6 is 11.8 Å². The van der Waals surface area contributed by atoms with E-state index in [0.29, 0.717) is 0 Å². The van der Waals surface area contributed by atoms with Crippen LogP contribution in [-0.2, 0) is 0 Å². The molecule has 2 unspecified atom stereocenters. The van der Waals surface area contributed by atoms with Gasteiger partial charge in [0.05, 0.1) is 0 Å². The molecular weight excluding hydrogens is 218 g/mol. The first-order valence-electron chi connectivity index (χ1n) is 6.60. The van der Waals surface area contributed by atoms with Crippen LogP contribution in [0.25, 0.3) is 0 Å². The van der Waals surface area contributed by atoms with E-state index < -0.39 is 0 Å². The Morgan fingerprint density at radius 1 is 1.00 bits per heavy atom. The maximum atomic E-state index is 3.54. The minimum Gasteiger partial charge on any atom is -0.314 e. The van der Waals surface area contributed by atoms with Gasteiger partial charge in [-0.3, -0.25) is 9.80 Å². The van der Waals surface area contributed by atoms with Gasteiger partial charge >= 0.3 is 0 Å². The van der Waals surface area contributed by atoms with E-state index in [-0.39, 0.29) is 0 Å². The van der Waals surface area contributed by atoms with Gasteiger partial charge in [-0.2, -0.15) is 11.8 Å². The lowest BCUT2D eigenvalue weighted by Gasteiger charge is -2.39. The fraction of sp³-hybridized carbons (Fsp3) is 1.00. The molecule has 0 amide bonds. The van der Waals surface area contributed by atoms with Gasteiger partial charge in [0, 0.05) is 56.6 Å². The Morgan fingerprint density at radius 3 is 2.31 bits per heavy atom. The van der Waals surface area contributed by atoms with Gasteiger partial charge in [0.15, 0.2) is 0 Å². The number of rotatable bonds is 3. The van der Waals surface area contributed by atoms with Crippen molar-refractivity contribution in [2.24, 2.45) is 0 Å². The molecule has 2 aliphatic heterocycles. The summed E-state index contributed by atoms with van der Waals surface area (Å²) in [6.07, 6.45) is 5.17. The van der Waals surface area contributed by atoms with Gasteiger partial charge < -0.3 is 5.32 Å². The third-order valence-corrected chi connectivity index (χ3v) is 5.40. The maximum Gasteiger partial charge on any atom is 0.0352 e. The van der Waals surface area contributed by atoms with Gasteiger partial charge in [-0.25, -0.2) is 0 Å². The van der Waals surface area contributed by atoms with Gasteiger partial charge in [0.25, 0.3) is 0 Å². The molecule has 1 aliphatic carbocycles. The van der Waals surface area contributed by atoms with Crippen molar-refractivity contribution >= 4 is 11.8 Å². The Balaban J connectivity index is 1.52. The smallest absolute Gasteiger partial charge is 0.0352 e. The average molecular weight is 241 g/mol. The number of piperazine rings is 1. The summed E-state index contributed by atoms with van der Waals surface area (Å²) >= 11 is 2.04. The molecule has 1 N–H and O–H groups in total. The zero-order valence-electron chi connectivity index (χ0n) is 10.2. The second-order valence-electron chi connectivity index (χ2n) is 5.30. The lowest BCUT2D eigenvalue weighted by molar-refractivity contribution is 0.0993. The molecule has 0 bridgehead atoms. The van der Waals surface area contributed by atoms with Gasteiger partial charge in [-0.1, -0.05) is 0 Å². The SMILES string of the molecule is CSC1CNCC1N1CCN(C2CC2)CC1. The minimum absolute atomic E-state index is 0.788. The molecule has 3 rings (SSSR count). The normalized spacial score (nSPS) is 38.1. The highest BCUT2D eigenvalue weighted by molar-refractivity contribution is 7.99. The zero-order valence-corrected chi connectivity index (χ0v) is 11.0. The Kier molecular flexibility index (Phi) is 3.43. The molecule has 2 atom stereocenters. The lowest BCUT2D eigenvalue weighted by Crippen LogP contribution is -2.53. The first-order valence-corrected chi connectivity index (χ1v) is 7.89. The van der Waals surface area contributed by atoms with Crippen LogP contribution in [0.2, 0.25) is 0 Å². The lowest BCUT2D eigenvalue weighted by atomic mass is 10.2. The second-order valence-corrected chi connectivity index (χ2v) is 6.38. The van der Waals surface area contributed by atoms with E-state index in [9.17, 15) is 0 Å². The topological polar surface area (TPSA) is 18.5 Å². The van der Waals surface area contributed by atoms with Crippen molar-refractivity contribution in [3.05, 3.63) is 0 Å². The van der Waals surface area contributed by atoms with Gasteiger partial charge in [0.1, 0.15) is 0 Å². The van der Waals surface area contributed by atoms with Gasteiger partial charge in [-0.05, 0) is 19.1 Å². The van der Waals surface area contributed by atoms with Crippen molar-refractivity contribution < 1.29 is 0 Å². The van der Waals surface area contributed by atoms with Crippen molar-refractivity contribution in [3.63, 3.8) is 0 Å². The van der Waals surface area contributed by atoms with Crippen LogP contribution in [0.1, 0.15) is 12.8 Å². The van der Waals surface area contributed by atoms with Crippen molar-refractivity contribution in [1.82, 2.24) is 15.1 Å². The third-order valence-electron chi connectivity index (χ3n) is 4.31. The van der Waals surface area contributed by atoms with E-state index in [4.69, 9.17) is 0 Å². The van der Waals surface area contributed by atoms with E-state index in [1.54, 1.807) is 0 Å². The molecule has 2 heterocycles. The molecule has 1 saturated carbocycles. The van der Waals surface area contributed by atoms with Crippen LogP contribution in [0.3, 0.4) is 0 Å². The van der Waals surface area contributed by atoms with Crippen LogP contribution in [0.15, 0.2) is 0 Å². The summed E-state index contributed by atoms with van der Waals surface area (Å²) in [6, 6.07) is 1.75. The first-order chi connectivity index (χ1) is 7.88. The monoisotopic (exact) mass is 241 g/mol. The highest BCUT2D eigenvalue weighted by Gasteiger charge is 2.36. The maximum absolute atomic E-state index is 3.54. The molecule has 0 aromatic rings. The van der Waals surface area contributed by atoms with Crippen LogP contribution in [0.5, 0.6) is 0 Å². The van der Waals surface area contributed by atoms with Crippen LogP contribution in [0, 0.1) is 0 Å². The second kappa shape index (κ2) is 4.84. The number of hydrogen-bond donors (Lipinski definition) is 1. The zero-order chi connectivity index (χ0) is 11.0. The molecule has 16 heavy (non-hydrogen) atoms. The fourth-order valence-corrected chi connectivity index (χ4v) is 3.99. The van der Waals surface area contributed by atoms with Gasteiger partial charge in [-0.15, -0.1) is 0 Å². The van der Waals surface area contributed by atoms with Crippen molar-refractivity contribution in [2.75, 3.05) is 45.5 Å². The van der Waals surface area contributed by atoms with E-state index in [2.05, 4.69) is 21.4 Å². The third kappa shape index (κ3) is 2.26. The molecule has 0 aromatic carbocycles. The predicted octanol–water partition coefficient (Wildman–Crippen LogP) is 0.470. The summed E-state index contributed by atoms with van der Waals surface area (Å²) < 4.78 is 0. The molecule has 3 aliphatic rings. The van der Waals surface area contributed by atoms with Crippen molar-refractivity contribution in [3.8, 4) is 0 Å². The summed E-state index contributed by atoms with van der Waals surface area (Å²) in [5, 5.41) is 4.35. The molecule has 2 saturated heterocycles. The first kappa shape index (κ1) is 11.3. The summed E-state index contributed by atoms with van der Waals surface area (Å²) in [5.41, 5.74) is 0. The van der Waals surface area contributed by atoms with Crippen molar-refractivity contribution in [1.29, 1.82) is 0 Å². The van der Waals surface area contributed by atoms with E-state index in [1.165, 1.54) is 52.1 Å². The Bertz CT molecular complexity index is 236. The quantitative estimate of drug-likeness (QED) is 0.774. The summed E-state index contributed by atoms with van der Waals surface area (Å²) in [5.74, 6) is 0. The predicted molar refractivity (Wildman–Crippen MR) is 70.1 cm³/mol. The Labute approximate surface area is 103 Å². The summed E-state index contributed by atoms with van der Waals surface area (Å²) in [6.45, 7) is 7.61. The fourth-order valence-electron chi connectivity index (χ4n) is 3.12. The molecule has 4 heteroatoms. The molecule has 0 spiro atoms. The Morgan fingerprint density at radius 2 is 1.69 bits per heavy atom. The highest BCUT2D eigenvalue weighted by atomic mass is 32.2. The molecule has 3 nitrogen and oxygen atoms in total. The summed E-state index contributed by atoms with van der Waals surface area (Å²) in [4.78, 5) is 5.42. The number of thioether (sulfide) groups is 1. The van der Waals surface area contributed by atoms with Crippen molar-refractivity contribution in [2.45, 2.75) is 30.2 Å². The molecule has 0 aromatic heterocycles. The molecule has 3 fully saturated rings. The standard InChI is InChI=1S/C12H23N3S/c1-16-12-9-13-8-11(12)15-6-4-14(5-7-15)10-2-3-10/h10-13H,2-9H2,1H3. The number of nitrogens with zero attached hydrogens (tertiary/aromatic N) is 2. The van der Waals surface area contributed by atoms with E-state index in [0.717, 1.165) is 17.3 Å². The van der Waals surface area contributed by atoms with Crippen LogP contribution in [-0.4, -0.2) is 72.7 Å².